The van der Waals surface area contributed by atoms with Crippen molar-refractivity contribution >= 4 is 28.8 Å². The molecule has 4 aromatic rings. The molecule has 0 unspecified atom stereocenters. The number of nitrogens with two attached hydrogens (primary N) is 1. The summed E-state index contributed by atoms with van der Waals surface area (Å²) in [4.78, 5) is 34.8. The number of carbonyl (C=O) groups is 2. The fraction of sp³-hybridized carbons (Fsp3) is 0.0476. The number of halogens is 1. The maximum Gasteiger partial charge on any atom is 0.241 e. The smallest absolute Gasteiger partial charge is 0.241 e. The van der Waals surface area contributed by atoms with Crippen LogP contribution in [0.25, 0.3) is 28.2 Å². The number of benzene rings is 1. The van der Waals surface area contributed by atoms with Gasteiger partial charge in [-0.1, -0.05) is 24.3 Å². The van der Waals surface area contributed by atoms with Gasteiger partial charge in [0.25, 0.3) is 0 Å². The number of aromatic amines is 1. The van der Waals surface area contributed by atoms with Gasteiger partial charge in [0.05, 0.1) is 6.20 Å². The Morgan fingerprint density at radius 2 is 1.90 bits per heavy atom. The van der Waals surface area contributed by atoms with E-state index in [1.807, 2.05) is 6.07 Å². The number of hydrogen-bond acceptors (Lipinski definition) is 4. The van der Waals surface area contributed by atoms with Crippen LogP contribution in [0.2, 0.25) is 0 Å². The van der Waals surface area contributed by atoms with Gasteiger partial charge in [-0.15, -0.1) is 0 Å². The van der Waals surface area contributed by atoms with Crippen molar-refractivity contribution < 1.29 is 14.0 Å². The van der Waals surface area contributed by atoms with Crippen molar-refractivity contribution in [2.24, 2.45) is 12.8 Å². The van der Waals surface area contributed by atoms with Crippen LogP contribution >= 0.6 is 0 Å². The van der Waals surface area contributed by atoms with E-state index in [1.165, 1.54) is 13.1 Å². The maximum atomic E-state index is 13.4. The lowest BCUT2D eigenvalue weighted by molar-refractivity contribution is -0.113. The van der Waals surface area contributed by atoms with E-state index in [4.69, 9.17) is 5.73 Å². The molecule has 8 heteroatoms. The molecule has 0 bridgehead atoms. The first-order valence-electron chi connectivity index (χ1n) is 8.71. The number of primary amides is 1. The predicted octanol–water partition coefficient (Wildman–Crippen LogP) is 2.83. The highest BCUT2D eigenvalue weighted by Crippen LogP contribution is 2.26. The summed E-state index contributed by atoms with van der Waals surface area (Å²) in [6.07, 6.45) is 7.39. The normalized spacial score (nSPS) is 11.4. The van der Waals surface area contributed by atoms with E-state index >= 15 is 0 Å². The van der Waals surface area contributed by atoms with E-state index in [2.05, 4.69) is 15.0 Å². The summed E-state index contributed by atoms with van der Waals surface area (Å²) in [6.45, 7) is 0. The quantitative estimate of drug-likeness (QED) is 0.404. The van der Waals surface area contributed by atoms with Crippen LogP contribution in [0.1, 0.15) is 21.7 Å². The highest BCUT2D eigenvalue weighted by atomic mass is 19.1. The van der Waals surface area contributed by atoms with Gasteiger partial charge in [0.1, 0.15) is 5.65 Å². The zero-order valence-corrected chi connectivity index (χ0v) is 15.4. The molecule has 0 spiro atoms. The second kappa shape index (κ2) is 7.16. The molecular formula is C21H16FN5O2. The molecular weight excluding hydrogens is 373 g/mol. The minimum absolute atomic E-state index is 0.0385. The number of hydrogen-bond donors (Lipinski definition) is 2. The number of aromatic nitrogens is 4. The van der Waals surface area contributed by atoms with Gasteiger partial charge < -0.3 is 15.3 Å². The molecule has 3 N–H and O–H groups in total. The number of amides is 1. The second-order valence-electron chi connectivity index (χ2n) is 6.47. The highest BCUT2D eigenvalue weighted by molar-refractivity contribution is 6.07. The molecule has 0 atom stereocenters. The molecule has 4 rings (SSSR count). The molecule has 0 aliphatic heterocycles. The Morgan fingerprint density at radius 1 is 1.14 bits per heavy atom. The second-order valence-corrected chi connectivity index (χ2v) is 6.47. The lowest BCUT2D eigenvalue weighted by atomic mass is 10.0. The van der Waals surface area contributed by atoms with Crippen LogP contribution in [0, 0.1) is 5.95 Å². The fourth-order valence-electron chi connectivity index (χ4n) is 3.03. The van der Waals surface area contributed by atoms with Crippen LogP contribution in [0.5, 0.6) is 0 Å². The first kappa shape index (κ1) is 18.3. The Morgan fingerprint density at radius 3 is 2.55 bits per heavy atom. The average molecular weight is 389 g/mol. The standard InChI is InChI=1S/C21H16FN5O2/c1-27-17(22)11-26-21(27)19(29)13-4-2-12(3-5-13)15-8-16-14(6-7-18(23)28)9-24-20(16)25-10-15/h2-11H,1H3,(H2,23,28)(H,24,25). The van der Waals surface area contributed by atoms with Crippen molar-refractivity contribution in [3.8, 4) is 11.1 Å². The van der Waals surface area contributed by atoms with Crippen LogP contribution in [-0.2, 0) is 11.8 Å². The lowest BCUT2D eigenvalue weighted by Gasteiger charge is -2.05. The summed E-state index contributed by atoms with van der Waals surface area (Å²) in [5, 5.41) is 0.837. The third-order valence-electron chi connectivity index (χ3n) is 4.61. The molecule has 0 aliphatic rings. The Hall–Kier alpha value is -4.07. The molecule has 1 aromatic carbocycles. The van der Waals surface area contributed by atoms with Gasteiger partial charge in [0.15, 0.2) is 5.82 Å². The largest absolute Gasteiger partial charge is 0.366 e. The number of nitrogens with zero attached hydrogens (tertiary/aromatic N) is 3. The number of pyridine rings is 1. The summed E-state index contributed by atoms with van der Waals surface area (Å²) in [5.41, 5.74) is 8.73. The van der Waals surface area contributed by atoms with Crippen molar-refractivity contribution in [1.82, 2.24) is 19.5 Å². The van der Waals surface area contributed by atoms with Crippen molar-refractivity contribution in [2.75, 3.05) is 0 Å². The molecule has 29 heavy (non-hydrogen) atoms. The summed E-state index contributed by atoms with van der Waals surface area (Å²) in [6, 6.07) is 8.85. The molecule has 3 aromatic heterocycles. The van der Waals surface area contributed by atoms with E-state index in [-0.39, 0.29) is 11.6 Å². The van der Waals surface area contributed by atoms with Gasteiger partial charge in [-0.25, -0.2) is 9.97 Å². The van der Waals surface area contributed by atoms with Crippen LogP contribution in [-0.4, -0.2) is 31.2 Å². The third-order valence-corrected chi connectivity index (χ3v) is 4.61. The number of H-pyrrole nitrogens is 1. The first-order chi connectivity index (χ1) is 13.9. The number of fused-ring (bicyclic) bond motifs is 1. The zero-order chi connectivity index (χ0) is 20.5. The molecule has 0 fully saturated rings. The zero-order valence-electron chi connectivity index (χ0n) is 15.4. The van der Waals surface area contributed by atoms with E-state index < -0.39 is 11.9 Å². The summed E-state index contributed by atoms with van der Waals surface area (Å²) in [7, 11) is 1.45. The average Bonchev–Trinajstić information content (AvgIpc) is 3.28. The maximum absolute atomic E-state index is 13.4. The Bertz CT molecular complexity index is 1270. The monoisotopic (exact) mass is 389 g/mol. The number of rotatable bonds is 5. The first-order valence-corrected chi connectivity index (χ1v) is 8.71. The van der Waals surface area contributed by atoms with Crippen LogP contribution in [0.15, 0.2) is 55.0 Å². The number of imidazole rings is 1. The van der Waals surface area contributed by atoms with E-state index in [1.54, 1.807) is 42.7 Å². The number of carbonyl (C=O) groups excluding carboxylic acids is 2. The molecule has 0 aliphatic carbocycles. The van der Waals surface area contributed by atoms with E-state index in [0.717, 1.165) is 32.8 Å². The minimum atomic E-state index is -0.572. The van der Waals surface area contributed by atoms with Gasteiger partial charge in [-0.2, -0.15) is 4.39 Å². The topological polar surface area (TPSA) is 107 Å². The highest BCUT2D eigenvalue weighted by Gasteiger charge is 2.16. The molecule has 0 saturated heterocycles. The summed E-state index contributed by atoms with van der Waals surface area (Å²) >= 11 is 0. The summed E-state index contributed by atoms with van der Waals surface area (Å²) < 4.78 is 14.6. The molecule has 3 heterocycles. The van der Waals surface area contributed by atoms with Gasteiger partial charge in [0.2, 0.25) is 17.6 Å². The van der Waals surface area contributed by atoms with Crippen molar-refractivity contribution in [1.29, 1.82) is 0 Å². The van der Waals surface area contributed by atoms with Gasteiger partial charge in [0, 0.05) is 47.6 Å². The molecule has 1 amide bonds. The Balaban J connectivity index is 1.66. The van der Waals surface area contributed by atoms with Crippen molar-refractivity contribution in [3.05, 3.63) is 77.9 Å². The van der Waals surface area contributed by atoms with Crippen LogP contribution in [0.4, 0.5) is 4.39 Å². The van der Waals surface area contributed by atoms with E-state index in [0.29, 0.717) is 11.2 Å². The molecule has 0 radical (unpaired) electrons. The molecule has 7 nitrogen and oxygen atoms in total. The Kier molecular flexibility index (Phi) is 4.52. The summed E-state index contributed by atoms with van der Waals surface area (Å²) in [5.74, 6) is -1.43. The van der Waals surface area contributed by atoms with Gasteiger partial charge >= 0.3 is 0 Å². The lowest BCUT2D eigenvalue weighted by Crippen LogP contribution is -2.09. The number of nitrogens with one attached hydrogen (secondary N) is 1. The minimum Gasteiger partial charge on any atom is -0.366 e. The van der Waals surface area contributed by atoms with Crippen LogP contribution in [0.3, 0.4) is 0 Å². The fourth-order valence-corrected chi connectivity index (χ4v) is 3.03. The van der Waals surface area contributed by atoms with Crippen LogP contribution < -0.4 is 5.73 Å². The Labute approximate surface area is 164 Å². The van der Waals surface area contributed by atoms with Gasteiger partial charge in [-0.05, 0) is 17.7 Å². The molecule has 144 valence electrons. The SMILES string of the molecule is Cn1c(F)cnc1C(=O)c1ccc(-c2cnc3[nH]cc(C=CC(N)=O)c3c2)cc1. The van der Waals surface area contributed by atoms with Crippen molar-refractivity contribution in [2.45, 2.75) is 0 Å². The van der Waals surface area contributed by atoms with Crippen molar-refractivity contribution in [3.63, 3.8) is 0 Å². The predicted molar refractivity (Wildman–Crippen MR) is 106 cm³/mol. The van der Waals surface area contributed by atoms with Gasteiger partial charge in [-0.3, -0.25) is 9.59 Å². The number of ketones is 1. The van der Waals surface area contributed by atoms with E-state index in [9.17, 15) is 14.0 Å². The molecule has 0 saturated carbocycles. The third kappa shape index (κ3) is 3.43.